The van der Waals surface area contributed by atoms with E-state index in [0.717, 1.165) is 11.0 Å². The Morgan fingerprint density at radius 2 is 1.78 bits per heavy atom. The summed E-state index contributed by atoms with van der Waals surface area (Å²) in [6.45, 7) is 3.33. The number of fused-ring (bicyclic) bond motifs is 3. The third-order valence-electron chi connectivity index (χ3n) is 3.47. The van der Waals surface area contributed by atoms with Crippen LogP contribution in [0.15, 0.2) is 46.9 Å². The molecule has 1 heterocycles. The van der Waals surface area contributed by atoms with Crippen LogP contribution in [0, 0.1) is 0 Å². The maximum absolute atomic E-state index is 3.58. The summed E-state index contributed by atoms with van der Waals surface area (Å²) in [4.78, 5) is 0. The van der Waals surface area contributed by atoms with Gasteiger partial charge < -0.3 is 4.57 Å². The Bertz CT molecular complexity index is 697. The van der Waals surface area contributed by atoms with E-state index in [1.54, 1.807) is 0 Å². The van der Waals surface area contributed by atoms with Gasteiger partial charge in [0.1, 0.15) is 0 Å². The first-order valence-corrected chi connectivity index (χ1v) is 7.27. The predicted octanol–water partition coefficient (Wildman–Crippen LogP) is 5.36. The third kappa shape index (κ3) is 1.85. The number of para-hydroxylation sites is 1. The average Bonchev–Trinajstić information content (AvgIpc) is 2.70. The standard InChI is InChI=1S/C16H16BrN/c1-2-3-10-18-15-7-5-4-6-13(15)14-9-8-12(17)11-16(14)18/h4-9,11H,2-3,10H2,1H3. The lowest BCUT2D eigenvalue weighted by atomic mass is 10.2. The molecule has 0 N–H and O–H groups in total. The first-order chi connectivity index (χ1) is 8.81. The molecule has 0 aliphatic rings. The molecule has 0 fully saturated rings. The van der Waals surface area contributed by atoms with Crippen LogP contribution in [0.5, 0.6) is 0 Å². The van der Waals surface area contributed by atoms with Crippen molar-refractivity contribution in [1.29, 1.82) is 0 Å². The molecule has 0 aliphatic carbocycles. The van der Waals surface area contributed by atoms with Crippen LogP contribution in [-0.2, 0) is 6.54 Å². The number of hydrogen-bond donors (Lipinski definition) is 0. The molecule has 0 atom stereocenters. The first-order valence-electron chi connectivity index (χ1n) is 6.47. The molecule has 1 aromatic heterocycles. The molecule has 2 heteroatoms. The zero-order valence-corrected chi connectivity index (χ0v) is 12.1. The Morgan fingerprint density at radius 3 is 2.61 bits per heavy atom. The van der Waals surface area contributed by atoms with E-state index < -0.39 is 0 Å². The first kappa shape index (κ1) is 11.8. The van der Waals surface area contributed by atoms with Gasteiger partial charge in [0.05, 0.1) is 5.52 Å². The van der Waals surface area contributed by atoms with E-state index in [4.69, 9.17) is 0 Å². The van der Waals surface area contributed by atoms with Crippen molar-refractivity contribution in [2.75, 3.05) is 0 Å². The van der Waals surface area contributed by atoms with Gasteiger partial charge in [0.25, 0.3) is 0 Å². The van der Waals surface area contributed by atoms with Crippen molar-refractivity contribution in [1.82, 2.24) is 4.57 Å². The highest BCUT2D eigenvalue weighted by atomic mass is 79.9. The van der Waals surface area contributed by atoms with Gasteiger partial charge in [0, 0.05) is 27.3 Å². The monoisotopic (exact) mass is 301 g/mol. The van der Waals surface area contributed by atoms with Gasteiger partial charge in [0.2, 0.25) is 0 Å². The van der Waals surface area contributed by atoms with Crippen LogP contribution < -0.4 is 0 Å². The fourth-order valence-corrected chi connectivity index (χ4v) is 2.93. The van der Waals surface area contributed by atoms with E-state index in [2.05, 4.69) is 69.9 Å². The molecule has 92 valence electrons. The largest absolute Gasteiger partial charge is 0.340 e. The quantitative estimate of drug-likeness (QED) is 0.614. The van der Waals surface area contributed by atoms with E-state index in [1.807, 2.05) is 0 Å². The third-order valence-corrected chi connectivity index (χ3v) is 3.96. The summed E-state index contributed by atoms with van der Waals surface area (Å²) in [5.74, 6) is 0. The minimum Gasteiger partial charge on any atom is -0.340 e. The molecule has 0 saturated heterocycles. The number of aryl methyl sites for hydroxylation is 1. The SMILES string of the molecule is CCCCn1c2ccccc2c2ccc(Br)cc21. The van der Waals surface area contributed by atoms with Gasteiger partial charge in [-0.2, -0.15) is 0 Å². The van der Waals surface area contributed by atoms with Gasteiger partial charge in [-0.15, -0.1) is 0 Å². The summed E-state index contributed by atoms with van der Waals surface area (Å²) >= 11 is 3.58. The van der Waals surface area contributed by atoms with Crippen molar-refractivity contribution in [2.45, 2.75) is 26.3 Å². The van der Waals surface area contributed by atoms with Crippen LogP contribution in [0.4, 0.5) is 0 Å². The van der Waals surface area contributed by atoms with Gasteiger partial charge in [0.15, 0.2) is 0 Å². The minimum atomic E-state index is 1.09. The van der Waals surface area contributed by atoms with Gasteiger partial charge in [-0.1, -0.05) is 53.5 Å². The number of rotatable bonds is 3. The summed E-state index contributed by atoms with van der Waals surface area (Å²) in [5.41, 5.74) is 2.68. The number of nitrogens with zero attached hydrogens (tertiary/aromatic N) is 1. The Morgan fingerprint density at radius 1 is 1.00 bits per heavy atom. The van der Waals surface area contributed by atoms with E-state index in [1.165, 1.54) is 34.6 Å². The minimum absolute atomic E-state index is 1.09. The van der Waals surface area contributed by atoms with Crippen LogP contribution in [0.1, 0.15) is 19.8 Å². The Kier molecular flexibility index (Phi) is 3.13. The van der Waals surface area contributed by atoms with E-state index in [9.17, 15) is 0 Å². The molecule has 0 amide bonds. The number of unbranched alkanes of at least 4 members (excludes halogenated alkanes) is 1. The van der Waals surface area contributed by atoms with E-state index >= 15 is 0 Å². The Balaban J connectivity index is 2.35. The van der Waals surface area contributed by atoms with Crippen molar-refractivity contribution in [2.24, 2.45) is 0 Å². The maximum Gasteiger partial charge on any atom is 0.0502 e. The number of aromatic nitrogens is 1. The molecule has 18 heavy (non-hydrogen) atoms. The van der Waals surface area contributed by atoms with E-state index in [0.29, 0.717) is 0 Å². The van der Waals surface area contributed by atoms with Crippen molar-refractivity contribution >= 4 is 37.7 Å². The highest BCUT2D eigenvalue weighted by Gasteiger charge is 2.09. The van der Waals surface area contributed by atoms with Crippen LogP contribution in [0.2, 0.25) is 0 Å². The summed E-state index contributed by atoms with van der Waals surface area (Å²) in [6.07, 6.45) is 2.45. The van der Waals surface area contributed by atoms with Crippen molar-refractivity contribution < 1.29 is 0 Å². The molecule has 0 aliphatic heterocycles. The van der Waals surface area contributed by atoms with E-state index in [-0.39, 0.29) is 0 Å². The molecule has 0 saturated carbocycles. The second-order valence-electron chi connectivity index (χ2n) is 4.68. The molecule has 0 unspecified atom stereocenters. The van der Waals surface area contributed by atoms with Gasteiger partial charge in [-0.3, -0.25) is 0 Å². The second kappa shape index (κ2) is 4.77. The number of benzene rings is 2. The normalized spacial score (nSPS) is 11.4. The predicted molar refractivity (Wildman–Crippen MR) is 82.1 cm³/mol. The number of halogens is 1. The summed E-state index contributed by atoms with van der Waals surface area (Å²) < 4.78 is 3.59. The zero-order valence-electron chi connectivity index (χ0n) is 10.5. The summed E-state index contributed by atoms with van der Waals surface area (Å²) in [7, 11) is 0. The molecule has 2 aromatic carbocycles. The van der Waals surface area contributed by atoms with Crippen molar-refractivity contribution in [3.05, 3.63) is 46.9 Å². The average molecular weight is 302 g/mol. The Hall–Kier alpha value is -1.28. The van der Waals surface area contributed by atoms with Crippen LogP contribution in [0.25, 0.3) is 21.8 Å². The molecule has 3 rings (SSSR count). The number of hydrogen-bond acceptors (Lipinski definition) is 0. The summed E-state index contributed by atoms with van der Waals surface area (Å²) in [6, 6.07) is 15.2. The Labute approximate surface area is 116 Å². The maximum atomic E-state index is 3.58. The smallest absolute Gasteiger partial charge is 0.0502 e. The molecule has 0 spiro atoms. The fourth-order valence-electron chi connectivity index (χ4n) is 2.58. The van der Waals surface area contributed by atoms with Gasteiger partial charge in [-0.25, -0.2) is 0 Å². The van der Waals surface area contributed by atoms with Crippen LogP contribution >= 0.6 is 15.9 Å². The molecular formula is C16H16BrN. The highest BCUT2D eigenvalue weighted by Crippen LogP contribution is 2.31. The molecule has 0 bridgehead atoms. The molecule has 0 radical (unpaired) electrons. The summed E-state index contributed by atoms with van der Waals surface area (Å²) in [5, 5.41) is 2.71. The molecule has 3 aromatic rings. The second-order valence-corrected chi connectivity index (χ2v) is 5.60. The van der Waals surface area contributed by atoms with Crippen molar-refractivity contribution in [3.63, 3.8) is 0 Å². The van der Waals surface area contributed by atoms with Crippen molar-refractivity contribution in [3.8, 4) is 0 Å². The zero-order chi connectivity index (χ0) is 12.5. The molecule has 1 nitrogen and oxygen atoms in total. The lowest BCUT2D eigenvalue weighted by molar-refractivity contribution is 0.665. The fraction of sp³-hybridized carbons (Fsp3) is 0.250. The van der Waals surface area contributed by atoms with Gasteiger partial charge in [-0.05, 0) is 24.6 Å². The lowest BCUT2D eigenvalue weighted by Crippen LogP contribution is -1.96. The topological polar surface area (TPSA) is 4.93 Å². The lowest BCUT2D eigenvalue weighted by Gasteiger charge is -2.06. The van der Waals surface area contributed by atoms with Crippen LogP contribution in [0.3, 0.4) is 0 Å². The molecular weight excluding hydrogens is 286 g/mol. The highest BCUT2D eigenvalue weighted by molar-refractivity contribution is 9.10. The van der Waals surface area contributed by atoms with Crippen LogP contribution in [-0.4, -0.2) is 4.57 Å². The van der Waals surface area contributed by atoms with Gasteiger partial charge >= 0.3 is 0 Å².